The number of carbonyl (C=O) groups is 1. The van der Waals surface area contributed by atoms with Crippen LogP contribution in [0.4, 0.5) is 5.95 Å². The van der Waals surface area contributed by atoms with Crippen molar-refractivity contribution in [3.63, 3.8) is 0 Å². The Morgan fingerprint density at radius 2 is 1.84 bits per heavy atom. The van der Waals surface area contributed by atoms with Crippen LogP contribution in [0.3, 0.4) is 0 Å². The minimum absolute atomic E-state index is 0.0863. The molecule has 5 heteroatoms. The molecule has 0 atom stereocenters. The first-order chi connectivity index (χ1) is 9.04. The number of phenolic OH excluding ortho intramolecular Hbond substituents is 1. The van der Waals surface area contributed by atoms with Crippen molar-refractivity contribution in [2.24, 2.45) is 0 Å². The summed E-state index contributed by atoms with van der Waals surface area (Å²) in [6.07, 6.45) is 0.0863. The number of nitrogens with zero attached hydrogens (tertiary/aromatic N) is 2. The fraction of sp³-hybridized carbons (Fsp3) is 0.214. The zero-order valence-electron chi connectivity index (χ0n) is 10.8. The van der Waals surface area contributed by atoms with E-state index in [1.807, 2.05) is 19.9 Å². The first-order valence-electron chi connectivity index (χ1n) is 5.93. The molecule has 0 spiro atoms. The number of phenols is 1. The molecule has 2 aromatic rings. The SMILES string of the molecule is Cc1cc(C)nc(NC(=O)Cc2ccccc2O)n1. The molecule has 98 valence electrons. The summed E-state index contributed by atoms with van der Waals surface area (Å²) in [4.78, 5) is 20.1. The second kappa shape index (κ2) is 5.48. The summed E-state index contributed by atoms with van der Waals surface area (Å²) < 4.78 is 0. The Morgan fingerprint density at radius 1 is 1.21 bits per heavy atom. The Bertz CT molecular complexity index is 591. The summed E-state index contributed by atoms with van der Waals surface area (Å²) in [5, 5.41) is 12.2. The minimum Gasteiger partial charge on any atom is -0.508 e. The van der Waals surface area contributed by atoms with E-state index in [1.165, 1.54) is 0 Å². The topological polar surface area (TPSA) is 75.1 Å². The van der Waals surface area contributed by atoms with Gasteiger partial charge in [0, 0.05) is 17.0 Å². The third-order valence-electron chi connectivity index (χ3n) is 2.58. The van der Waals surface area contributed by atoms with Crippen molar-refractivity contribution in [1.29, 1.82) is 0 Å². The molecule has 0 aliphatic carbocycles. The van der Waals surface area contributed by atoms with Gasteiger partial charge in [-0.3, -0.25) is 10.1 Å². The molecule has 0 saturated carbocycles. The molecule has 1 aromatic heterocycles. The van der Waals surface area contributed by atoms with Gasteiger partial charge in [0.25, 0.3) is 0 Å². The summed E-state index contributed by atoms with van der Waals surface area (Å²) in [5.74, 6) is 0.142. The van der Waals surface area contributed by atoms with Gasteiger partial charge in [-0.15, -0.1) is 0 Å². The van der Waals surface area contributed by atoms with Crippen LogP contribution in [-0.4, -0.2) is 21.0 Å². The van der Waals surface area contributed by atoms with E-state index in [0.29, 0.717) is 5.56 Å². The van der Waals surface area contributed by atoms with Crippen molar-refractivity contribution >= 4 is 11.9 Å². The maximum Gasteiger partial charge on any atom is 0.231 e. The van der Waals surface area contributed by atoms with Gasteiger partial charge in [0.1, 0.15) is 5.75 Å². The maximum absolute atomic E-state index is 11.9. The van der Waals surface area contributed by atoms with Crippen molar-refractivity contribution in [3.8, 4) is 5.75 Å². The molecule has 5 nitrogen and oxygen atoms in total. The lowest BCUT2D eigenvalue weighted by molar-refractivity contribution is -0.115. The number of hydrogen-bond acceptors (Lipinski definition) is 4. The lowest BCUT2D eigenvalue weighted by Gasteiger charge is -2.06. The van der Waals surface area contributed by atoms with E-state index in [1.54, 1.807) is 24.3 Å². The Hall–Kier alpha value is -2.43. The summed E-state index contributed by atoms with van der Waals surface area (Å²) in [6, 6.07) is 8.57. The van der Waals surface area contributed by atoms with E-state index in [-0.39, 0.29) is 24.0 Å². The van der Waals surface area contributed by atoms with E-state index in [4.69, 9.17) is 0 Å². The smallest absolute Gasteiger partial charge is 0.231 e. The first-order valence-corrected chi connectivity index (χ1v) is 5.93. The van der Waals surface area contributed by atoms with Crippen LogP contribution >= 0.6 is 0 Å². The minimum atomic E-state index is -0.258. The number of nitrogens with one attached hydrogen (secondary N) is 1. The predicted molar refractivity (Wildman–Crippen MR) is 71.9 cm³/mol. The number of amides is 1. The van der Waals surface area contributed by atoms with E-state index in [2.05, 4.69) is 15.3 Å². The lowest BCUT2D eigenvalue weighted by Crippen LogP contribution is -2.17. The third-order valence-corrected chi connectivity index (χ3v) is 2.58. The van der Waals surface area contributed by atoms with Crippen LogP contribution in [0.15, 0.2) is 30.3 Å². The molecule has 0 unspecified atom stereocenters. The van der Waals surface area contributed by atoms with Crippen LogP contribution in [0, 0.1) is 13.8 Å². The van der Waals surface area contributed by atoms with Gasteiger partial charge in [-0.05, 0) is 26.0 Å². The van der Waals surface area contributed by atoms with Crippen molar-refractivity contribution in [2.75, 3.05) is 5.32 Å². The van der Waals surface area contributed by atoms with Gasteiger partial charge in [-0.25, -0.2) is 9.97 Å². The molecule has 0 radical (unpaired) electrons. The summed E-state index contributed by atoms with van der Waals surface area (Å²) in [5.41, 5.74) is 2.17. The quantitative estimate of drug-likeness (QED) is 0.881. The molecular weight excluding hydrogens is 242 g/mol. The van der Waals surface area contributed by atoms with Crippen LogP contribution in [0.2, 0.25) is 0 Å². The van der Waals surface area contributed by atoms with Crippen molar-refractivity contribution in [3.05, 3.63) is 47.3 Å². The molecule has 2 N–H and O–H groups in total. The molecule has 0 aliphatic heterocycles. The Labute approximate surface area is 111 Å². The highest BCUT2D eigenvalue weighted by molar-refractivity contribution is 5.91. The Morgan fingerprint density at radius 3 is 2.47 bits per heavy atom. The average molecular weight is 257 g/mol. The van der Waals surface area contributed by atoms with E-state index in [9.17, 15) is 9.90 Å². The number of anilines is 1. The molecule has 19 heavy (non-hydrogen) atoms. The lowest BCUT2D eigenvalue weighted by atomic mass is 10.1. The molecule has 0 bridgehead atoms. The molecule has 1 aromatic carbocycles. The second-order valence-corrected chi connectivity index (χ2v) is 4.33. The highest BCUT2D eigenvalue weighted by atomic mass is 16.3. The van der Waals surface area contributed by atoms with Gasteiger partial charge in [-0.2, -0.15) is 0 Å². The molecular formula is C14H15N3O2. The third kappa shape index (κ3) is 3.51. The molecule has 2 rings (SSSR count). The fourth-order valence-corrected chi connectivity index (χ4v) is 1.78. The number of rotatable bonds is 3. The second-order valence-electron chi connectivity index (χ2n) is 4.33. The number of aromatic nitrogens is 2. The van der Waals surface area contributed by atoms with Crippen LogP contribution in [0.1, 0.15) is 17.0 Å². The normalized spacial score (nSPS) is 10.2. The van der Waals surface area contributed by atoms with Gasteiger partial charge in [-0.1, -0.05) is 18.2 Å². The Kier molecular flexibility index (Phi) is 3.75. The average Bonchev–Trinajstić information content (AvgIpc) is 2.30. The first kappa shape index (κ1) is 13.0. The Balaban J connectivity index is 2.07. The van der Waals surface area contributed by atoms with Gasteiger partial charge in [0.15, 0.2) is 0 Å². The van der Waals surface area contributed by atoms with E-state index < -0.39 is 0 Å². The molecule has 1 amide bonds. The highest BCUT2D eigenvalue weighted by Gasteiger charge is 2.09. The number of carbonyl (C=O) groups excluding carboxylic acids is 1. The van der Waals surface area contributed by atoms with E-state index in [0.717, 1.165) is 11.4 Å². The predicted octanol–water partition coefficient (Wildman–Crippen LogP) is 1.98. The molecule has 0 aliphatic rings. The summed E-state index contributed by atoms with van der Waals surface area (Å²) in [6.45, 7) is 3.68. The van der Waals surface area contributed by atoms with Crippen molar-refractivity contribution < 1.29 is 9.90 Å². The summed E-state index contributed by atoms with van der Waals surface area (Å²) in [7, 11) is 0. The maximum atomic E-state index is 11.9. The van der Waals surface area contributed by atoms with Crippen LogP contribution < -0.4 is 5.32 Å². The number of aromatic hydroxyl groups is 1. The highest BCUT2D eigenvalue weighted by Crippen LogP contribution is 2.16. The van der Waals surface area contributed by atoms with Crippen LogP contribution in [0.25, 0.3) is 0 Å². The van der Waals surface area contributed by atoms with Gasteiger partial charge in [0.05, 0.1) is 6.42 Å². The van der Waals surface area contributed by atoms with Gasteiger partial charge >= 0.3 is 0 Å². The standard InChI is InChI=1S/C14H15N3O2/c1-9-7-10(2)16-14(15-9)17-13(19)8-11-5-3-4-6-12(11)18/h3-7,18H,8H2,1-2H3,(H,15,16,17,19). The van der Waals surface area contributed by atoms with Gasteiger partial charge in [0.2, 0.25) is 11.9 Å². The zero-order valence-corrected chi connectivity index (χ0v) is 10.8. The number of hydrogen-bond donors (Lipinski definition) is 2. The van der Waals surface area contributed by atoms with Crippen LogP contribution in [0.5, 0.6) is 5.75 Å². The van der Waals surface area contributed by atoms with E-state index >= 15 is 0 Å². The number of para-hydroxylation sites is 1. The number of aryl methyl sites for hydroxylation is 2. The molecule has 1 heterocycles. The monoisotopic (exact) mass is 257 g/mol. The van der Waals surface area contributed by atoms with Crippen molar-refractivity contribution in [2.45, 2.75) is 20.3 Å². The van der Waals surface area contributed by atoms with Crippen molar-refractivity contribution in [1.82, 2.24) is 9.97 Å². The van der Waals surface area contributed by atoms with Gasteiger partial charge < -0.3 is 5.11 Å². The number of benzene rings is 1. The molecule has 0 saturated heterocycles. The van der Waals surface area contributed by atoms with Crippen LogP contribution in [-0.2, 0) is 11.2 Å². The zero-order chi connectivity index (χ0) is 13.8. The molecule has 0 fully saturated rings. The summed E-state index contributed by atoms with van der Waals surface area (Å²) >= 11 is 0. The fourth-order valence-electron chi connectivity index (χ4n) is 1.78. The largest absolute Gasteiger partial charge is 0.508 e.